The molecule has 0 spiro atoms. The molecule has 3 N–H and O–H groups in total. The van der Waals surface area contributed by atoms with E-state index in [0.29, 0.717) is 0 Å². The van der Waals surface area contributed by atoms with Gasteiger partial charge in [0.1, 0.15) is 0 Å². The van der Waals surface area contributed by atoms with E-state index < -0.39 is 11.9 Å². The molecule has 6 nitrogen and oxygen atoms in total. The highest BCUT2D eigenvalue weighted by atomic mass is 16.4. The van der Waals surface area contributed by atoms with E-state index >= 15 is 0 Å². The van der Waals surface area contributed by atoms with Crippen molar-refractivity contribution in [1.29, 1.82) is 0 Å². The number of aromatic carboxylic acids is 2. The van der Waals surface area contributed by atoms with Gasteiger partial charge < -0.3 is 15.2 Å². The molecule has 6 heteroatoms. The van der Waals surface area contributed by atoms with Crippen molar-refractivity contribution in [3.8, 4) is 0 Å². The Morgan fingerprint density at radius 1 is 1.06 bits per heavy atom. The van der Waals surface area contributed by atoms with Gasteiger partial charge >= 0.3 is 11.9 Å². The lowest BCUT2D eigenvalue weighted by atomic mass is 10.1. The van der Waals surface area contributed by atoms with Crippen LogP contribution >= 0.6 is 0 Å². The molecule has 1 aromatic carbocycles. The van der Waals surface area contributed by atoms with Gasteiger partial charge in [-0.25, -0.2) is 14.6 Å². The molecule has 0 unspecified atom stereocenters. The lowest BCUT2D eigenvalue weighted by molar-refractivity contribution is 0.0651. The maximum atomic E-state index is 10.5. The Labute approximate surface area is 96.6 Å². The van der Waals surface area contributed by atoms with E-state index in [9.17, 15) is 9.59 Å². The van der Waals surface area contributed by atoms with E-state index in [1.165, 1.54) is 24.3 Å². The SMILES string of the molecule is O=C(O)c1ccccc1C(=O)O.c1c[nH]cn1. The molecular formula is C11H10N2O4. The highest BCUT2D eigenvalue weighted by Crippen LogP contribution is 2.07. The Hall–Kier alpha value is -2.63. The number of carbonyl (C=O) groups is 2. The summed E-state index contributed by atoms with van der Waals surface area (Å²) in [6.07, 6.45) is 5.08. The summed E-state index contributed by atoms with van der Waals surface area (Å²) in [4.78, 5) is 27.3. The molecule has 1 heterocycles. The summed E-state index contributed by atoms with van der Waals surface area (Å²) in [5, 5.41) is 17.1. The fourth-order valence-electron chi connectivity index (χ4n) is 1.07. The number of aromatic nitrogens is 2. The molecule has 88 valence electrons. The molecule has 0 atom stereocenters. The first-order chi connectivity index (χ1) is 8.13. The average Bonchev–Trinajstić information content (AvgIpc) is 2.87. The van der Waals surface area contributed by atoms with Gasteiger partial charge in [0.05, 0.1) is 17.5 Å². The van der Waals surface area contributed by atoms with Crippen molar-refractivity contribution in [3.63, 3.8) is 0 Å². The van der Waals surface area contributed by atoms with Gasteiger partial charge in [-0.3, -0.25) is 0 Å². The predicted octanol–water partition coefficient (Wildman–Crippen LogP) is 1.49. The van der Waals surface area contributed by atoms with Gasteiger partial charge in [-0.05, 0) is 12.1 Å². The second-order valence-corrected chi connectivity index (χ2v) is 2.92. The van der Waals surface area contributed by atoms with Crippen LogP contribution in [0.4, 0.5) is 0 Å². The number of carboxylic acids is 2. The Morgan fingerprint density at radius 3 is 1.82 bits per heavy atom. The number of rotatable bonds is 2. The first kappa shape index (κ1) is 12.4. The molecule has 0 bridgehead atoms. The van der Waals surface area contributed by atoms with E-state index in [4.69, 9.17) is 10.2 Å². The van der Waals surface area contributed by atoms with Gasteiger partial charge in [0, 0.05) is 12.4 Å². The van der Waals surface area contributed by atoms with Crippen LogP contribution in [0.5, 0.6) is 0 Å². The second-order valence-electron chi connectivity index (χ2n) is 2.92. The lowest BCUT2D eigenvalue weighted by Gasteiger charge is -1.98. The molecule has 0 aliphatic heterocycles. The summed E-state index contributed by atoms with van der Waals surface area (Å²) in [7, 11) is 0. The van der Waals surface area contributed by atoms with Crippen LogP contribution < -0.4 is 0 Å². The standard InChI is InChI=1S/C8H6O4.C3H4N2/c9-7(10)5-3-1-2-4-6(5)8(11)12;1-2-5-3-4-1/h1-4H,(H,9,10)(H,11,12);1-3H,(H,4,5). The summed E-state index contributed by atoms with van der Waals surface area (Å²) in [5.74, 6) is -2.46. The topological polar surface area (TPSA) is 103 Å². The van der Waals surface area contributed by atoms with Crippen LogP contribution in [0, 0.1) is 0 Å². The quantitative estimate of drug-likeness (QED) is 0.730. The van der Waals surface area contributed by atoms with Gasteiger partial charge in [0.15, 0.2) is 0 Å². The molecule has 0 aliphatic rings. The number of nitrogens with zero attached hydrogens (tertiary/aromatic N) is 1. The predicted molar refractivity (Wildman–Crippen MR) is 58.9 cm³/mol. The van der Waals surface area contributed by atoms with E-state index in [0.717, 1.165) is 0 Å². The van der Waals surface area contributed by atoms with Crippen LogP contribution in [0.2, 0.25) is 0 Å². The molecule has 0 saturated heterocycles. The zero-order valence-electron chi connectivity index (χ0n) is 8.70. The Bertz CT molecular complexity index is 444. The van der Waals surface area contributed by atoms with Crippen LogP contribution in [0.15, 0.2) is 43.0 Å². The zero-order chi connectivity index (χ0) is 12.7. The number of H-pyrrole nitrogens is 1. The molecule has 0 radical (unpaired) electrons. The molecule has 0 aliphatic carbocycles. The summed E-state index contributed by atoms with van der Waals surface area (Å²) in [6, 6.07) is 5.48. The number of nitrogens with one attached hydrogen (secondary N) is 1. The first-order valence-electron chi connectivity index (χ1n) is 4.61. The molecule has 0 amide bonds. The van der Waals surface area contributed by atoms with Gasteiger partial charge in [-0.2, -0.15) is 0 Å². The lowest BCUT2D eigenvalue weighted by Crippen LogP contribution is -2.06. The van der Waals surface area contributed by atoms with Gasteiger partial charge in [0.2, 0.25) is 0 Å². The van der Waals surface area contributed by atoms with Crippen molar-refractivity contribution < 1.29 is 19.8 Å². The summed E-state index contributed by atoms with van der Waals surface area (Å²) >= 11 is 0. The minimum atomic E-state index is -1.23. The van der Waals surface area contributed by atoms with Gasteiger partial charge in [-0.15, -0.1) is 0 Å². The number of hydrogen-bond acceptors (Lipinski definition) is 3. The summed E-state index contributed by atoms with van der Waals surface area (Å²) in [5.41, 5.74) is -0.380. The number of aromatic amines is 1. The van der Waals surface area contributed by atoms with Gasteiger partial charge in [-0.1, -0.05) is 12.1 Å². The van der Waals surface area contributed by atoms with E-state index in [-0.39, 0.29) is 11.1 Å². The second kappa shape index (κ2) is 6.06. The molecule has 17 heavy (non-hydrogen) atoms. The van der Waals surface area contributed by atoms with Crippen LogP contribution in [0.3, 0.4) is 0 Å². The Kier molecular flexibility index (Phi) is 4.44. The van der Waals surface area contributed by atoms with Crippen molar-refractivity contribution in [2.75, 3.05) is 0 Å². The number of carboxylic acid groups (broad SMARTS) is 2. The highest BCUT2D eigenvalue weighted by Gasteiger charge is 2.13. The normalized spacial score (nSPS) is 8.94. The summed E-state index contributed by atoms with van der Waals surface area (Å²) < 4.78 is 0. The minimum absolute atomic E-state index is 0.190. The van der Waals surface area contributed by atoms with E-state index in [1.807, 2.05) is 0 Å². The number of hydrogen-bond donors (Lipinski definition) is 3. The monoisotopic (exact) mass is 234 g/mol. The van der Waals surface area contributed by atoms with Crippen LogP contribution in [-0.4, -0.2) is 32.1 Å². The Balaban J connectivity index is 0.000000239. The van der Waals surface area contributed by atoms with Crippen molar-refractivity contribution in [1.82, 2.24) is 9.97 Å². The van der Waals surface area contributed by atoms with Gasteiger partial charge in [0.25, 0.3) is 0 Å². The number of benzene rings is 1. The average molecular weight is 234 g/mol. The third-order valence-electron chi connectivity index (χ3n) is 1.79. The van der Waals surface area contributed by atoms with Crippen molar-refractivity contribution in [2.24, 2.45) is 0 Å². The third-order valence-corrected chi connectivity index (χ3v) is 1.79. The largest absolute Gasteiger partial charge is 0.478 e. The maximum Gasteiger partial charge on any atom is 0.336 e. The minimum Gasteiger partial charge on any atom is -0.478 e. The van der Waals surface area contributed by atoms with Crippen molar-refractivity contribution in [3.05, 3.63) is 54.1 Å². The van der Waals surface area contributed by atoms with E-state index in [2.05, 4.69) is 9.97 Å². The molecule has 1 aromatic heterocycles. The van der Waals surface area contributed by atoms with E-state index in [1.54, 1.807) is 18.7 Å². The fourth-order valence-corrected chi connectivity index (χ4v) is 1.07. The molecular weight excluding hydrogens is 224 g/mol. The highest BCUT2D eigenvalue weighted by molar-refractivity contribution is 6.01. The maximum absolute atomic E-state index is 10.5. The smallest absolute Gasteiger partial charge is 0.336 e. The van der Waals surface area contributed by atoms with Crippen molar-refractivity contribution >= 4 is 11.9 Å². The van der Waals surface area contributed by atoms with Crippen LogP contribution in [-0.2, 0) is 0 Å². The fraction of sp³-hybridized carbons (Fsp3) is 0. The third kappa shape index (κ3) is 3.78. The molecule has 2 rings (SSSR count). The Morgan fingerprint density at radius 2 is 1.59 bits per heavy atom. The summed E-state index contributed by atoms with van der Waals surface area (Å²) in [6.45, 7) is 0. The van der Waals surface area contributed by atoms with Crippen LogP contribution in [0.1, 0.15) is 20.7 Å². The molecule has 0 fully saturated rings. The molecule has 2 aromatic rings. The van der Waals surface area contributed by atoms with Crippen LogP contribution in [0.25, 0.3) is 0 Å². The van der Waals surface area contributed by atoms with Crippen molar-refractivity contribution in [2.45, 2.75) is 0 Å². The molecule has 0 saturated carbocycles. The number of imidazole rings is 1. The zero-order valence-corrected chi connectivity index (χ0v) is 8.70. The first-order valence-corrected chi connectivity index (χ1v) is 4.61.